The zero-order valence-electron chi connectivity index (χ0n) is 12.5. The van der Waals surface area contributed by atoms with Gasteiger partial charge >= 0.3 is 0 Å². The highest BCUT2D eigenvalue weighted by Crippen LogP contribution is 2.28. The summed E-state index contributed by atoms with van der Waals surface area (Å²) in [4.78, 5) is 12.2. The van der Waals surface area contributed by atoms with Gasteiger partial charge in [-0.2, -0.15) is 0 Å². The van der Waals surface area contributed by atoms with Crippen molar-refractivity contribution in [3.63, 3.8) is 0 Å². The average Bonchev–Trinajstić information content (AvgIpc) is 2.34. The van der Waals surface area contributed by atoms with E-state index in [0.29, 0.717) is 12.5 Å². The summed E-state index contributed by atoms with van der Waals surface area (Å²) in [6.07, 6.45) is 6.33. The van der Waals surface area contributed by atoms with Gasteiger partial charge in [-0.05, 0) is 24.2 Å². The van der Waals surface area contributed by atoms with Gasteiger partial charge in [0.25, 0.3) is 0 Å². The summed E-state index contributed by atoms with van der Waals surface area (Å²) in [5.41, 5.74) is 5.86. The van der Waals surface area contributed by atoms with Crippen molar-refractivity contribution >= 4 is 5.91 Å². The molecule has 1 aliphatic rings. The van der Waals surface area contributed by atoms with Crippen molar-refractivity contribution < 1.29 is 4.79 Å². The standard InChI is InChI=1S/C15H30N2O/c1-11(15(2,3)4)14(18)17-13(10-16)12-8-6-5-7-9-12/h11-13H,5-10,16H2,1-4H3,(H,17,18). The molecule has 0 aromatic carbocycles. The Kier molecular flexibility index (Phi) is 5.64. The van der Waals surface area contributed by atoms with Crippen LogP contribution in [0.3, 0.4) is 0 Å². The van der Waals surface area contributed by atoms with E-state index in [4.69, 9.17) is 5.73 Å². The van der Waals surface area contributed by atoms with E-state index >= 15 is 0 Å². The molecule has 3 nitrogen and oxygen atoms in total. The van der Waals surface area contributed by atoms with Crippen LogP contribution in [0.4, 0.5) is 0 Å². The zero-order valence-corrected chi connectivity index (χ0v) is 12.5. The molecule has 0 radical (unpaired) electrons. The third kappa shape index (κ3) is 4.27. The Morgan fingerprint density at radius 3 is 2.28 bits per heavy atom. The summed E-state index contributed by atoms with van der Waals surface area (Å²) in [7, 11) is 0. The first-order valence-corrected chi connectivity index (χ1v) is 7.36. The maximum absolute atomic E-state index is 12.2. The van der Waals surface area contributed by atoms with Gasteiger partial charge in [-0.3, -0.25) is 4.79 Å². The largest absolute Gasteiger partial charge is 0.352 e. The quantitative estimate of drug-likeness (QED) is 0.810. The minimum absolute atomic E-state index is 0.00972. The number of nitrogens with one attached hydrogen (secondary N) is 1. The van der Waals surface area contributed by atoms with Gasteiger partial charge in [0.05, 0.1) is 0 Å². The van der Waals surface area contributed by atoms with Gasteiger partial charge in [0, 0.05) is 18.5 Å². The summed E-state index contributed by atoms with van der Waals surface area (Å²) in [5.74, 6) is 0.763. The molecule has 0 aliphatic heterocycles. The SMILES string of the molecule is CC(C(=O)NC(CN)C1CCCCC1)C(C)(C)C. The van der Waals surface area contributed by atoms with Crippen molar-refractivity contribution in [2.24, 2.45) is 23.0 Å². The monoisotopic (exact) mass is 254 g/mol. The highest BCUT2D eigenvalue weighted by atomic mass is 16.2. The fraction of sp³-hybridized carbons (Fsp3) is 0.933. The molecular formula is C15H30N2O. The van der Waals surface area contributed by atoms with Crippen molar-refractivity contribution in [1.82, 2.24) is 5.32 Å². The number of carbonyl (C=O) groups is 1. The molecule has 0 heterocycles. The highest BCUT2D eigenvalue weighted by Gasteiger charge is 2.30. The van der Waals surface area contributed by atoms with Crippen LogP contribution in [-0.4, -0.2) is 18.5 Å². The lowest BCUT2D eigenvalue weighted by Crippen LogP contribution is -2.49. The molecule has 3 N–H and O–H groups in total. The van der Waals surface area contributed by atoms with Crippen molar-refractivity contribution in [3.05, 3.63) is 0 Å². The van der Waals surface area contributed by atoms with E-state index in [0.717, 1.165) is 0 Å². The zero-order chi connectivity index (χ0) is 13.8. The van der Waals surface area contributed by atoms with Crippen LogP contribution < -0.4 is 11.1 Å². The second-order valence-corrected chi connectivity index (χ2v) is 6.84. The molecule has 1 aliphatic carbocycles. The Labute approximate surface area is 112 Å². The first-order valence-electron chi connectivity index (χ1n) is 7.36. The number of nitrogens with two attached hydrogens (primary N) is 1. The Balaban J connectivity index is 2.54. The number of amides is 1. The van der Waals surface area contributed by atoms with E-state index in [2.05, 4.69) is 26.1 Å². The molecule has 1 fully saturated rings. The maximum atomic E-state index is 12.2. The van der Waals surface area contributed by atoms with Gasteiger partial charge in [0.15, 0.2) is 0 Å². The van der Waals surface area contributed by atoms with Crippen molar-refractivity contribution in [3.8, 4) is 0 Å². The molecule has 0 bridgehead atoms. The van der Waals surface area contributed by atoms with Gasteiger partial charge < -0.3 is 11.1 Å². The lowest BCUT2D eigenvalue weighted by atomic mass is 9.80. The molecule has 0 aromatic rings. The van der Waals surface area contributed by atoms with Crippen LogP contribution in [0.5, 0.6) is 0 Å². The van der Waals surface area contributed by atoms with Crippen molar-refractivity contribution in [2.45, 2.75) is 65.8 Å². The lowest BCUT2D eigenvalue weighted by molar-refractivity contribution is -0.128. The third-order valence-corrected chi connectivity index (χ3v) is 4.49. The molecule has 0 saturated heterocycles. The Hall–Kier alpha value is -0.570. The van der Waals surface area contributed by atoms with E-state index in [1.165, 1.54) is 32.1 Å². The molecule has 2 atom stereocenters. The fourth-order valence-corrected chi connectivity index (χ4v) is 2.61. The van der Waals surface area contributed by atoms with E-state index in [-0.39, 0.29) is 23.3 Å². The normalized spacial score (nSPS) is 21.4. The number of hydrogen-bond donors (Lipinski definition) is 2. The highest BCUT2D eigenvalue weighted by molar-refractivity contribution is 5.79. The Morgan fingerprint density at radius 1 is 1.28 bits per heavy atom. The van der Waals surface area contributed by atoms with Gasteiger partial charge in [-0.15, -0.1) is 0 Å². The molecule has 2 unspecified atom stereocenters. The summed E-state index contributed by atoms with van der Waals surface area (Å²) >= 11 is 0. The predicted octanol–water partition coefficient (Wildman–Crippen LogP) is 2.69. The molecule has 106 valence electrons. The topological polar surface area (TPSA) is 55.1 Å². The number of hydrogen-bond acceptors (Lipinski definition) is 2. The minimum Gasteiger partial charge on any atom is -0.352 e. The van der Waals surface area contributed by atoms with Crippen LogP contribution >= 0.6 is 0 Å². The predicted molar refractivity (Wildman–Crippen MR) is 76.2 cm³/mol. The minimum atomic E-state index is 0.00972. The van der Waals surface area contributed by atoms with E-state index < -0.39 is 0 Å². The third-order valence-electron chi connectivity index (χ3n) is 4.49. The van der Waals surface area contributed by atoms with Crippen LogP contribution in [-0.2, 0) is 4.79 Å². The van der Waals surface area contributed by atoms with Gasteiger partial charge in [-0.1, -0.05) is 47.0 Å². The molecule has 0 aromatic heterocycles. The molecular weight excluding hydrogens is 224 g/mol. The summed E-state index contributed by atoms with van der Waals surface area (Å²) < 4.78 is 0. The second kappa shape index (κ2) is 6.55. The molecule has 18 heavy (non-hydrogen) atoms. The summed E-state index contributed by atoms with van der Waals surface area (Å²) in [6, 6.07) is 0.169. The van der Waals surface area contributed by atoms with Gasteiger partial charge in [-0.25, -0.2) is 0 Å². The average molecular weight is 254 g/mol. The van der Waals surface area contributed by atoms with Gasteiger partial charge in [0.2, 0.25) is 5.91 Å². The lowest BCUT2D eigenvalue weighted by Gasteiger charge is -2.33. The Bertz CT molecular complexity index is 264. The van der Waals surface area contributed by atoms with Crippen molar-refractivity contribution in [1.29, 1.82) is 0 Å². The van der Waals surface area contributed by atoms with Crippen molar-refractivity contribution in [2.75, 3.05) is 6.54 Å². The number of rotatable bonds is 4. The van der Waals surface area contributed by atoms with Crippen LogP contribution in [0.2, 0.25) is 0 Å². The fourth-order valence-electron chi connectivity index (χ4n) is 2.61. The van der Waals surface area contributed by atoms with Gasteiger partial charge in [0.1, 0.15) is 0 Å². The van der Waals surface area contributed by atoms with Crippen LogP contribution in [0.1, 0.15) is 59.8 Å². The molecule has 1 amide bonds. The summed E-state index contributed by atoms with van der Waals surface area (Å²) in [5, 5.41) is 3.18. The first-order chi connectivity index (χ1) is 8.36. The molecule has 0 spiro atoms. The second-order valence-electron chi connectivity index (χ2n) is 6.84. The Morgan fingerprint density at radius 2 is 1.83 bits per heavy atom. The molecule has 1 saturated carbocycles. The van der Waals surface area contributed by atoms with E-state index in [1.54, 1.807) is 0 Å². The molecule has 3 heteroatoms. The van der Waals surface area contributed by atoms with Crippen LogP contribution in [0.25, 0.3) is 0 Å². The summed E-state index contributed by atoms with van der Waals surface area (Å²) in [6.45, 7) is 8.89. The molecule has 1 rings (SSSR count). The first kappa shape index (κ1) is 15.5. The van der Waals surface area contributed by atoms with E-state index in [1.807, 2.05) is 6.92 Å². The smallest absolute Gasteiger partial charge is 0.223 e. The van der Waals surface area contributed by atoms with E-state index in [9.17, 15) is 4.79 Å². The maximum Gasteiger partial charge on any atom is 0.223 e. The van der Waals surface area contributed by atoms with Crippen LogP contribution in [0, 0.1) is 17.3 Å². The van der Waals surface area contributed by atoms with Crippen LogP contribution in [0.15, 0.2) is 0 Å². The number of carbonyl (C=O) groups excluding carboxylic acids is 1.